The first-order valence-electron chi connectivity index (χ1n) is 3.27. The Morgan fingerprint density at radius 3 is 2.92 bits per heavy atom. The third-order valence-corrected chi connectivity index (χ3v) is 1.28. The van der Waals surface area contributed by atoms with Gasteiger partial charge in [-0.25, -0.2) is 0 Å². The maximum atomic E-state index is 10.3. The van der Waals surface area contributed by atoms with Gasteiger partial charge in [0.15, 0.2) is 0 Å². The fourth-order valence-electron chi connectivity index (χ4n) is 0.801. The van der Waals surface area contributed by atoms with Crippen LogP contribution in [0.25, 0.3) is 0 Å². The van der Waals surface area contributed by atoms with Crippen molar-refractivity contribution in [1.29, 1.82) is 0 Å². The zero-order chi connectivity index (χ0) is 8.97. The molecule has 0 aromatic heterocycles. The van der Waals surface area contributed by atoms with E-state index in [1.54, 1.807) is 12.1 Å². The summed E-state index contributed by atoms with van der Waals surface area (Å²) >= 11 is 0. The van der Waals surface area contributed by atoms with E-state index in [2.05, 4.69) is 10.3 Å². The molecular weight excluding hydrogens is 160 g/mol. The Morgan fingerprint density at radius 1 is 1.58 bits per heavy atom. The number of nitrogens with one attached hydrogen (secondary N) is 1. The minimum absolute atomic E-state index is 0.0389. The van der Waals surface area contributed by atoms with E-state index in [-0.39, 0.29) is 5.69 Å². The predicted molar refractivity (Wildman–Crippen MR) is 43.7 cm³/mol. The van der Waals surface area contributed by atoms with Crippen LogP contribution < -0.4 is 5.48 Å². The first-order chi connectivity index (χ1) is 5.74. The molecule has 0 aliphatic rings. The molecule has 0 amide bonds. The molecule has 0 bridgehead atoms. The van der Waals surface area contributed by atoms with E-state index in [4.69, 9.17) is 0 Å². The first kappa shape index (κ1) is 8.48. The van der Waals surface area contributed by atoms with Crippen molar-refractivity contribution in [3.8, 4) is 0 Å². The minimum atomic E-state index is -0.458. The molecule has 64 valence electrons. The second-order valence-electron chi connectivity index (χ2n) is 2.11. The molecule has 5 nitrogen and oxygen atoms in total. The summed E-state index contributed by atoms with van der Waals surface area (Å²) in [6.07, 6.45) is 0. The van der Waals surface area contributed by atoms with E-state index < -0.39 is 4.92 Å². The van der Waals surface area contributed by atoms with Crippen molar-refractivity contribution in [1.82, 2.24) is 0 Å². The molecule has 0 radical (unpaired) electrons. The van der Waals surface area contributed by atoms with Crippen LogP contribution in [0.1, 0.15) is 0 Å². The van der Waals surface area contributed by atoms with E-state index in [9.17, 15) is 10.1 Å². The van der Waals surface area contributed by atoms with Gasteiger partial charge in [-0.05, 0) is 6.07 Å². The fourth-order valence-corrected chi connectivity index (χ4v) is 0.801. The van der Waals surface area contributed by atoms with Crippen LogP contribution >= 0.6 is 0 Å². The van der Waals surface area contributed by atoms with Crippen molar-refractivity contribution in [2.45, 2.75) is 0 Å². The predicted octanol–water partition coefficient (Wildman–Crippen LogP) is 1.57. The van der Waals surface area contributed by atoms with Crippen molar-refractivity contribution in [3.05, 3.63) is 34.4 Å². The average Bonchev–Trinajstić information content (AvgIpc) is 2.05. The highest BCUT2D eigenvalue weighted by Gasteiger charge is 2.04. The highest BCUT2D eigenvalue weighted by Crippen LogP contribution is 2.16. The van der Waals surface area contributed by atoms with E-state index in [0.29, 0.717) is 5.69 Å². The molecule has 0 aliphatic heterocycles. The lowest BCUT2D eigenvalue weighted by Crippen LogP contribution is -1.96. The van der Waals surface area contributed by atoms with Gasteiger partial charge in [-0.15, -0.1) is 0 Å². The molecule has 1 rings (SSSR count). The summed E-state index contributed by atoms with van der Waals surface area (Å²) in [4.78, 5) is 14.4. The van der Waals surface area contributed by atoms with Crippen LogP contribution in [-0.2, 0) is 4.84 Å². The van der Waals surface area contributed by atoms with Gasteiger partial charge in [0, 0.05) is 12.1 Å². The van der Waals surface area contributed by atoms with E-state index in [1.165, 1.54) is 19.2 Å². The number of nitrogens with zero attached hydrogens (tertiary/aromatic N) is 1. The molecule has 1 aromatic rings. The van der Waals surface area contributed by atoms with Crippen LogP contribution in [0, 0.1) is 10.1 Å². The molecule has 0 heterocycles. The summed E-state index contributed by atoms with van der Waals surface area (Å²) in [5, 5.41) is 10.3. The Hall–Kier alpha value is -1.62. The largest absolute Gasteiger partial charge is 0.279 e. The molecule has 1 N–H and O–H groups in total. The fraction of sp³-hybridized carbons (Fsp3) is 0.143. The maximum absolute atomic E-state index is 10.3. The van der Waals surface area contributed by atoms with Crippen LogP contribution in [-0.4, -0.2) is 12.0 Å². The van der Waals surface area contributed by atoms with Crippen LogP contribution in [0.15, 0.2) is 24.3 Å². The summed E-state index contributed by atoms with van der Waals surface area (Å²) in [6, 6.07) is 6.07. The molecule has 0 spiro atoms. The van der Waals surface area contributed by atoms with Crippen LogP contribution in [0.3, 0.4) is 0 Å². The van der Waals surface area contributed by atoms with Gasteiger partial charge >= 0.3 is 0 Å². The van der Waals surface area contributed by atoms with Crippen molar-refractivity contribution in [2.24, 2.45) is 0 Å². The number of anilines is 1. The van der Waals surface area contributed by atoms with Crippen LogP contribution in [0.2, 0.25) is 0 Å². The smallest absolute Gasteiger partial charge is 0.271 e. The normalized spacial score (nSPS) is 9.42. The Morgan fingerprint density at radius 2 is 2.33 bits per heavy atom. The van der Waals surface area contributed by atoms with Crippen LogP contribution in [0.4, 0.5) is 11.4 Å². The van der Waals surface area contributed by atoms with Crippen molar-refractivity contribution < 1.29 is 9.76 Å². The Bertz CT molecular complexity index is 288. The molecule has 0 saturated heterocycles. The molecule has 0 fully saturated rings. The van der Waals surface area contributed by atoms with Gasteiger partial charge in [-0.2, -0.15) is 0 Å². The summed E-state index contributed by atoms with van der Waals surface area (Å²) in [5.74, 6) is 0. The third kappa shape index (κ3) is 1.93. The maximum Gasteiger partial charge on any atom is 0.271 e. The third-order valence-electron chi connectivity index (χ3n) is 1.28. The number of hydrogen-bond acceptors (Lipinski definition) is 4. The van der Waals surface area contributed by atoms with E-state index >= 15 is 0 Å². The highest BCUT2D eigenvalue weighted by molar-refractivity contribution is 5.49. The SMILES string of the molecule is CONc1cccc([N+](=O)[O-])c1. The monoisotopic (exact) mass is 168 g/mol. The lowest BCUT2D eigenvalue weighted by Gasteiger charge is -2.00. The summed E-state index contributed by atoms with van der Waals surface area (Å²) in [7, 11) is 1.44. The number of non-ortho nitro benzene ring substituents is 1. The van der Waals surface area contributed by atoms with Gasteiger partial charge in [-0.1, -0.05) is 6.07 Å². The van der Waals surface area contributed by atoms with Crippen molar-refractivity contribution >= 4 is 11.4 Å². The average molecular weight is 168 g/mol. The van der Waals surface area contributed by atoms with Gasteiger partial charge < -0.3 is 0 Å². The van der Waals surface area contributed by atoms with E-state index in [1.807, 2.05) is 0 Å². The summed E-state index contributed by atoms with van der Waals surface area (Å²) < 4.78 is 0. The van der Waals surface area contributed by atoms with Crippen LogP contribution in [0.5, 0.6) is 0 Å². The molecule has 0 aliphatic carbocycles. The number of nitro groups is 1. The topological polar surface area (TPSA) is 64.4 Å². The second-order valence-corrected chi connectivity index (χ2v) is 2.11. The standard InChI is InChI=1S/C7H8N2O3/c1-12-8-6-3-2-4-7(5-6)9(10)11/h2-5,8H,1H3. The molecule has 0 atom stereocenters. The Balaban J connectivity index is 2.88. The highest BCUT2D eigenvalue weighted by atomic mass is 16.6. The van der Waals surface area contributed by atoms with Gasteiger partial charge in [0.25, 0.3) is 5.69 Å². The van der Waals surface area contributed by atoms with Crippen molar-refractivity contribution in [2.75, 3.05) is 12.6 Å². The lowest BCUT2D eigenvalue weighted by atomic mass is 10.3. The van der Waals surface area contributed by atoms with Crippen molar-refractivity contribution in [3.63, 3.8) is 0 Å². The zero-order valence-electron chi connectivity index (χ0n) is 6.48. The summed E-state index contributed by atoms with van der Waals surface area (Å²) in [6.45, 7) is 0. The van der Waals surface area contributed by atoms with Gasteiger partial charge in [0.2, 0.25) is 0 Å². The lowest BCUT2D eigenvalue weighted by molar-refractivity contribution is -0.384. The van der Waals surface area contributed by atoms with Gasteiger partial charge in [0.05, 0.1) is 17.7 Å². The Kier molecular flexibility index (Phi) is 2.60. The number of hydrogen-bond donors (Lipinski definition) is 1. The molecular formula is C7H8N2O3. The van der Waals surface area contributed by atoms with Gasteiger partial charge in [0.1, 0.15) is 0 Å². The minimum Gasteiger partial charge on any atom is -0.279 e. The van der Waals surface area contributed by atoms with E-state index in [0.717, 1.165) is 0 Å². The quantitative estimate of drug-likeness (QED) is 0.549. The summed E-state index contributed by atoms with van der Waals surface area (Å²) in [5.41, 5.74) is 3.10. The molecule has 0 saturated carbocycles. The number of rotatable bonds is 3. The molecule has 1 aromatic carbocycles. The molecule has 0 unspecified atom stereocenters. The molecule has 5 heteroatoms. The number of nitro benzene ring substituents is 1. The number of benzene rings is 1. The first-order valence-corrected chi connectivity index (χ1v) is 3.27. The van der Waals surface area contributed by atoms with Gasteiger partial charge in [-0.3, -0.25) is 20.4 Å². The molecule has 12 heavy (non-hydrogen) atoms. The Labute approximate surface area is 69.1 Å². The zero-order valence-corrected chi connectivity index (χ0v) is 6.48. The second kappa shape index (κ2) is 3.68.